The summed E-state index contributed by atoms with van der Waals surface area (Å²) in [6, 6.07) is 6.50. The molecule has 1 atom stereocenters. The molecule has 0 spiro atoms. The highest BCUT2D eigenvalue weighted by Crippen LogP contribution is 2.33. The van der Waals surface area contributed by atoms with E-state index in [0.717, 1.165) is 4.31 Å². The van der Waals surface area contributed by atoms with Crippen LogP contribution in [0.5, 0.6) is 0 Å². The minimum Gasteiger partial charge on any atom is -0.338 e. The highest BCUT2D eigenvalue weighted by molar-refractivity contribution is 9.10. The number of methoxy groups -OCH3 is 1. The van der Waals surface area contributed by atoms with Crippen LogP contribution in [0.1, 0.15) is 18.2 Å². The summed E-state index contributed by atoms with van der Waals surface area (Å²) in [7, 11) is -2.66. The number of halogens is 1. The number of hydrogen-bond donors (Lipinski definition) is 0. The van der Waals surface area contributed by atoms with Gasteiger partial charge in [-0.25, -0.2) is 8.42 Å². The number of benzene rings is 1. The Morgan fingerprint density at radius 3 is 2.50 bits per heavy atom. The molecule has 0 saturated heterocycles. The molecule has 1 unspecified atom stereocenters. The van der Waals surface area contributed by atoms with E-state index >= 15 is 0 Å². The Morgan fingerprint density at radius 2 is 2.00 bits per heavy atom. The first-order valence-corrected chi connectivity index (χ1v) is 9.44. The van der Waals surface area contributed by atoms with E-state index in [9.17, 15) is 8.42 Å². The van der Waals surface area contributed by atoms with Gasteiger partial charge in [-0.2, -0.15) is 4.31 Å². The molecule has 0 amide bonds. The average molecular weight is 419 g/mol. The number of aryl methyl sites for hydroxylation is 1. The smallest absolute Gasteiger partial charge is 0.271 e. The molecule has 9 heteroatoms. The number of sulfonamides is 1. The fraction of sp³-hybridized carbons (Fsp3) is 0.400. The van der Waals surface area contributed by atoms with Crippen molar-refractivity contribution in [1.29, 1.82) is 0 Å². The van der Waals surface area contributed by atoms with Crippen LogP contribution in [-0.2, 0) is 19.5 Å². The van der Waals surface area contributed by atoms with Gasteiger partial charge >= 0.3 is 0 Å². The van der Waals surface area contributed by atoms with Gasteiger partial charge in [0.2, 0.25) is 5.88 Å². The maximum atomic E-state index is 13.2. The molecule has 1 heterocycles. The van der Waals surface area contributed by atoms with Gasteiger partial charge in [0.1, 0.15) is 4.90 Å². The number of aromatic nitrogens is 1. The average Bonchev–Trinajstić information content (AvgIpc) is 2.86. The molecular formula is C15H19BrN2O5S. The fourth-order valence-corrected chi connectivity index (χ4v) is 4.50. The molecule has 0 fully saturated rings. The highest BCUT2D eigenvalue weighted by atomic mass is 79.9. The maximum Gasteiger partial charge on any atom is 0.271 e. The Kier molecular flexibility index (Phi) is 6.02. The Hall–Kier alpha value is -1.42. The lowest BCUT2D eigenvalue weighted by Gasteiger charge is -2.29. The van der Waals surface area contributed by atoms with Crippen molar-refractivity contribution in [2.75, 3.05) is 18.0 Å². The Labute approximate surface area is 149 Å². The van der Waals surface area contributed by atoms with Gasteiger partial charge in [0, 0.05) is 23.8 Å². The van der Waals surface area contributed by atoms with Crippen molar-refractivity contribution in [2.45, 2.75) is 32.1 Å². The molecule has 1 aromatic heterocycles. The molecule has 0 radical (unpaired) electrons. The van der Waals surface area contributed by atoms with Crippen LogP contribution in [0.25, 0.3) is 0 Å². The van der Waals surface area contributed by atoms with Crippen molar-refractivity contribution in [3.63, 3.8) is 0 Å². The van der Waals surface area contributed by atoms with Crippen LogP contribution in [0.2, 0.25) is 0 Å². The molecule has 0 aliphatic carbocycles. The lowest BCUT2D eigenvalue weighted by Crippen LogP contribution is -2.43. The van der Waals surface area contributed by atoms with Gasteiger partial charge in [0.05, 0.1) is 5.69 Å². The molecule has 132 valence electrons. The number of nitrogens with zero attached hydrogens (tertiary/aromatic N) is 2. The summed E-state index contributed by atoms with van der Waals surface area (Å²) in [5, 5.41) is 3.84. The van der Waals surface area contributed by atoms with Gasteiger partial charge in [0.15, 0.2) is 0 Å². The molecule has 24 heavy (non-hydrogen) atoms. The summed E-state index contributed by atoms with van der Waals surface area (Å²) in [5.41, 5.74) is 1.18. The van der Waals surface area contributed by atoms with Gasteiger partial charge in [-0.15, -0.1) is 0 Å². The molecule has 0 N–H and O–H groups in total. The Morgan fingerprint density at radius 1 is 1.33 bits per heavy atom. The monoisotopic (exact) mass is 418 g/mol. The van der Waals surface area contributed by atoms with E-state index in [4.69, 9.17) is 14.0 Å². The predicted octanol–water partition coefficient (Wildman–Crippen LogP) is 3.22. The van der Waals surface area contributed by atoms with E-state index in [1.807, 2.05) is 0 Å². The van der Waals surface area contributed by atoms with Gasteiger partial charge in [-0.05, 0) is 48.8 Å². The van der Waals surface area contributed by atoms with E-state index in [1.54, 1.807) is 39.0 Å². The second-order valence-corrected chi connectivity index (χ2v) is 7.57. The number of ether oxygens (including phenoxy) is 2. The van der Waals surface area contributed by atoms with Crippen molar-refractivity contribution in [1.82, 2.24) is 5.16 Å². The van der Waals surface area contributed by atoms with E-state index in [2.05, 4.69) is 21.1 Å². The normalized spacial score (nSPS) is 13.0. The first-order valence-electron chi connectivity index (χ1n) is 7.20. The summed E-state index contributed by atoms with van der Waals surface area (Å²) in [6.45, 7) is 5.46. The minimum atomic E-state index is -4.02. The first-order chi connectivity index (χ1) is 11.3. The van der Waals surface area contributed by atoms with Crippen LogP contribution < -0.4 is 4.31 Å². The zero-order valence-corrected chi connectivity index (χ0v) is 16.2. The largest absolute Gasteiger partial charge is 0.338 e. The molecule has 2 aromatic rings. The predicted molar refractivity (Wildman–Crippen MR) is 92.2 cm³/mol. The SMILES string of the molecule is CCOC(OC)N(c1onc(C)c1C)S(=O)(=O)c1ccccc1Br. The first kappa shape index (κ1) is 18.9. The number of anilines is 1. The van der Waals surface area contributed by atoms with Crippen molar-refractivity contribution in [3.8, 4) is 0 Å². The van der Waals surface area contributed by atoms with Crippen molar-refractivity contribution in [2.24, 2.45) is 0 Å². The third kappa shape index (κ3) is 3.49. The summed E-state index contributed by atoms with van der Waals surface area (Å²) < 4.78 is 43.8. The van der Waals surface area contributed by atoms with E-state index in [1.165, 1.54) is 13.2 Å². The third-order valence-electron chi connectivity index (χ3n) is 3.41. The van der Waals surface area contributed by atoms with Gasteiger partial charge in [0.25, 0.3) is 16.4 Å². The number of rotatable bonds is 7. The fourth-order valence-electron chi connectivity index (χ4n) is 2.06. The molecule has 0 saturated carbocycles. The summed E-state index contributed by atoms with van der Waals surface area (Å²) in [4.78, 5) is 0.0696. The van der Waals surface area contributed by atoms with Crippen LogP contribution in [0.15, 0.2) is 38.2 Å². The Balaban J connectivity index is 2.66. The minimum absolute atomic E-state index is 0.0588. The molecule has 0 aliphatic heterocycles. The van der Waals surface area contributed by atoms with Gasteiger partial charge in [-0.3, -0.25) is 0 Å². The van der Waals surface area contributed by atoms with Crippen molar-refractivity contribution < 1.29 is 22.4 Å². The standard InChI is InChI=1S/C15H19BrN2O5S/c1-5-22-15(21-4)18(14-10(2)11(3)17-23-14)24(19,20)13-9-7-6-8-12(13)16/h6-9,15H,5H2,1-4H3. The van der Waals surface area contributed by atoms with Crippen molar-refractivity contribution >= 4 is 31.8 Å². The number of hydrogen-bond acceptors (Lipinski definition) is 6. The molecule has 1 aromatic carbocycles. The third-order valence-corrected chi connectivity index (χ3v) is 6.13. The van der Waals surface area contributed by atoms with E-state index in [0.29, 0.717) is 15.7 Å². The van der Waals surface area contributed by atoms with Gasteiger partial charge < -0.3 is 14.0 Å². The van der Waals surface area contributed by atoms with E-state index < -0.39 is 16.4 Å². The highest BCUT2D eigenvalue weighted by Gasteiger charge is 2.38. The summed E-state index contributed by atoms with van der Waals surface area (Å²) in [5.74, 6) is 0.0588. The molecule has 7 nitrogen and oxygen atoms in total. The van der Waals surface area contributed by atoms with Crippen LogP contribution in [0.3, 0.4) is 0 Å². The topological polar surface area (TPSA) is 81.9 Å². The van der Waals surface area contributed by atoms with Crippen LogP contribution >= 0.6 is 15.9 Å². The lowest BCUT2D eigenvalue weighted by molar-refractivity contribution is -0.112. The van der Waals surface area contributed by atoms with Crippen molar-refractivity contribution in [3.05, 3.63) is 40.0 Å². The molecule has 2 rings (SSSR count). The Bertz CT molecular complexity index is 806. The summed E-state index contributed by atoms with van der Waals surface area (Å²) >= 11 is 3.27. The van der Waals surface area contributed by atoms with Gasteiger partial charge in [-0.1, -0.05) is 17.3 Å². The molecular weight excluding hydrogens is 400 g/mol. The second-order valence-electron chi connectivity index (χ2n) is 4.93. The van der Waals surface area contributed by atoms with Crippen LogP contribution in [0.4, 0.5) is 5.88 Å². The quantitative estimate of drug-likeness (QED) is 0.641. The second kappa shape index (κ2) is 7.64. The maximum absolute atomic E-state index is 13.2. The zero-order valence-electron chi connectivity index (χ0n) is 13.8. The van der Waals surface area contributed by atoms with Crippen LogP contribution in [-0.4, -0.2) is 33.7 Å². The summed E-state index contributed by atoms with van der Waals surface area (Å²) in [6.07, 6.45) is -1.18. The van der Waals surface area contributed by atoms with Crippen LogP contribution in [0, 0.1) is 13.8 Å². The zero-order chi connectivity index (χ0) is 17.9. The van der Waals surface area contributed by atoms with E-state index in [-0.39, 0.29) is 17.4 Å². The molecule has 0 bridgehead atoms. The lowest BCUT2D eigenvalue weighted by atomic mass is 10.3. The molecule has 0 aliphatic rings.